The van der Waals surface area contributed by atoms with Crippen LogP contribution in [0.15, 0.2) is 30.3 Å². The van der Waals surface area contributed by atoms with Crippen LogP contribution >= 0.6 is 0 Å². The van der Waals surface area contributed by atoms with Crippen LogP contribution in [-0.2, 0) is 6.42 Å². The van der Waals surface area contributed by atoms with Gasteiger partial charge in [0.1, 0.15) is 5.67 Å². The van der Waals surface area contributed by atoms with Crippen LogP contribution in [-0.4, -0.2) is 5.67 Å². The number of hydrogen-bond donors (Lipinski definition) is 0. The van der Waals surface area contributed by atoms with E-state index in [0.29, 0.717) is 18.9 Å². The van der Waals surface area contributed by atoms with Gasteiger partial charge in [0.05, 0.1) is 1.37 Å². The number of alkyl halides is 1. The lowest BCUT2D eigenvalue weighted by atomic mass is 10.0. The summed E-state index contributed by atoms with van der Waals surface area (Å²) >= 11 is 0. The third-order valence-electron chi connectivity index (χ3n) is 1.76. The van der Waals surface area contributed by atoms with Crippen LogP contribution in [0, 0.1) is 0 Å². The van der Waals surface area contributed by atoms with Crippen molar-refractivity contribution in [3.05, 3.63) is 35.9 Å². The standard InChI is InChI=1S/C11H15F/c1-11(2,12)9-8-10-6-4-3-5-7-10/h3-7H,8-9H2,1-2H3/i6D. The molecule has 0 bridgehead atoms. The minimum absolute atomic E-state index is 0.475. The Labute approximate surface area is 74.8 Å². The van der Waals surface area contributed by atoms with Crippen molar-refractivity contribution < 1.29 is 5.76 Å². The zero-order valence-corrected chi connectivity index (χ0v) is 7.60. The Hall–Kier alpha value is -0.850. The summed E-state index contributed by atoms with van der Waals surface area (Å²) in [4.78, 5) is 0. The van der Waals surface area contributed by atoms with Crippen LogP contribution in [0.2, 0.25) is 0 Å². The zero-order valence-electron chi connectivity index (χ0n) is 8.60. The Balaban J connectivity index is 2.60. The predicted octanol–water partition coefficient (Wildman–Crippen LogP) is 3.37. The molecule has 0 fully saturated rings. The molecule has 0 nitrogen and oxygen atoms in total. The SMILES string of the molecule is [2H]c1ccccc1CCC(C)(C)F. The van der Waals surface area contributed by atoms with E-state index in [1.165, 1.54) is 0 Å². The number of hydrogen-bond acceptors (Lipinski definition) is 0. The molecule has 0 spiro atoms. The first-order valence-electron chi connectivity index (χ1n) is 4.72. The van der Waals surface area contributed by atoms with Crippen LogP contribution in [0.3, 0.4) is 0 Å². The summed E-state index contributed by atoms with van der Waals surface area (Å²) < 4.78 is 20.7. The molecule has 0 atom stereocenters. The summed E-state index contributed by atoms with van der Waals surface area (Å²) in [5, 5.41) is 0. The van der Waals surface area contributed by atoms with Crippen molar-refractivity contribution in [2.24, 2.45) is 0 Å². The smallest absolute Gasteiger partial charge is 0.105 e. The highest BCUT2D eigenvalue weighted by atomic mass is 19.1. The molecular formula is C11H15F. The highest BCUT2D eigenvalue weighted by molar-refractivity contribution is 5.14. The van der Waals surface area contributed by atoms with Gasteiger partial charge in [0.25, 0.3) is 0 Å². The second-order valence-electron chi connectivity index (χ2n) is 3.61. The quantitative estimate of drug-likeness (QED) is 0.647. The lowest BCUT2D eigenvalue weighted by molar-refractivity contribution is 0.202. The van der Waals surface area contributed by atoms with Gasteiger partial charge >= 0.3 is 0 Å². The number of benzene rings is 1. The first-order valence-corrected chi connectivity index (χ1v) is 4.22. The summed E-state index contributed by atoms with van der Waals surface area (Å²) in [5.74, 6) is 0. The first-order chi connectivity index (χ1) is 5.99. The van der Waals surface area contributed by atoms with Crippen molar-refractivity contribution >= 4 is 0 Å². The molecule has 0 aromatic heterocycles. The van der Waals surface area contributed by atoms with E-state index in [0.717, 1.165) is 5.56 Å². The van der Waals surface area contributed by atoms with Crippen LogP contribution < -0.4 is 0 Å². The molecular weight excluding hydrogens is 151 g/mol. The van der Waals surface area contributed by atoms with Gasteiger partial charge < -0.3 is 0 Å². The molecule has 0 saturated carbocycles. The van der Waals surface area contributed by atoms with Gasteiger partial charge in [0.2, 0.25) is 0 Å². The molecule has 0 aliphatic rings. The molecule has 1 heteroatoms. The van der Waals surface area contributed by atoms with E-state index in [1.807, 2.05) is 18.2 Å². The van der Waals surface area contributed by atoms with Crippen molar-refractivity contribution in [2.45, 2.75) is 32.4 Å². The second-order valence-corrected chi connectivity index (χ2v) is 3.61. The predicted molar refractivity (Wildman–Crippen MR) is 50.0 cm³/mol. The fourth-order valence-electron chi connectivity index (χ4n) is 1.02. The molecule has 66 valence electrons. The van der Waals surface area contributed by atoms with Gasteiger partial charge in [-0.2, -0.15) is 0 Å². The zero-order chi connectivity index (χ0) is 9.90. The molecule has 1 aromatic rings. The Morgan fingerprint density at radius 3 is 2.75 bits per heavy atom. The van der Waals surface area contributed by atoms with Crippen LogP contribution in [0.1, 0.15) is 27.2 Å². The van der Waals surface area contributed by atoms with Gasteiger partial charge in [-0.1, -0.05) is 30.3 Å². The van der Waals surface area contributed by atoms with Crippen molar-refractivity contribution in [1.29, 1.82) is 0 Å². The summed E-state index contributed by atoms with van der Waals surface area (Å²) in [7, 11) is 0. The average Bonchev–Trinajstić information content (AvgIpc) is 2.01. The Kier molecular flexibility index (Phi) is 2.40. The van der Waals surface area contributed by atoms with Gasteiger partial charge in [-0.15, -0.1) is 0 Å². The second kappa shape index (κ2) is 3.70. The summed E-state index contributed by atoms with van der Waals surface area (Å²) in [6.45, 7) is 3.14. The topological polar surface area (TPSA) is 0 Å². The van der Waals surface area contributed by atoms with Gasteiger partial charge in [-0.3, -0.25) is 0 Å². The maximum Gasteiger partial charge on any atom is 0.105 e. The molecule has 1 aromatic carbocycles. The van der Waals surface area contributed by atoms with Crippen molar-refractivity contribution in [2.75, 3.05) is 0 Å². The molecule has 0 N–H and O–H groups in total. The van der Waals surface area contributed by atoms with E-state index in [4.69, 9.17) is 1.37 Å². The number of aryl methyl sites for hydroxylation is 1. The number of rotatable bonds is 3. The van der Waals surface area contributed by atoms with Gasteiger partial charge in [0, 0.05) is 0 Å². The van der Waals surface area contributed by atoms with Gasteiger partial charge in [-0.25, -0.2) is 4.39 Å². The van der Waals surface area contributed by atoms with Crippen molar-refractivity contribution in [1.82, 2.24) is 0 Å². The van der Waals surface area contributed by atoms with Crippen LogP contribution in [0.5, 0.6) is 0 Å². The molecule has 0 amide bonds. The molecule has 0 aliphatic carbocycles. The molecule has 1 rings (SSSR count). The van der Waals surface area contributed by atoms with Crippen molar-refractivity contribution in [3.63, 3.8) is 0 Å². The fourth-order valence-corrected chi connectivity index (χ4v) is 1.02. The molecule has 0 radical (unpaired) electrons. The molecule has 0 aliphatic heterocycles. The van der Waals surface area contributed by atoms with E-state index >= 15 is 0 Å². The first kappa shape index (κ1) is 7.78. The third kappa shape index (κ3) is 3.51. The average molecular weight is 167 g/mol. The van der Waals surface area contributed by atoms with E-state index in [1.54, 1.807) is 19.9 Å². The molecule has 0 heterocycles. The normalized spacial score (nSPS) is 12.8. The fraction of sp³-hybridized carbons (Fsp3) is 0.455. The lowest BCUT2D eigenvalue weighted by Gasteiger charge is -2.13. The van der Waals surface area contributed by atoms with Gasteiger partial charge in [-0.05, 0) is 32.3 Å². The van der Waals surface area contributed by atoms with E-state index < -0.39 is 5.67 Å². The third-order valence-corrected chi connectivity index (χ3v) is 1.76. The Bertz CT molecular complexity index is 276. The lowest BCUT2D eigenvalue weighted by Crippen LogP contribution is -2.12. The van der Waals surface area contributed by atoms with Crippen LogP contribution in [0.25, 0.3) is 0 Å². The Morgan fingerprint density at radius 1 is 1.42 bits per heavy atom. The van der Waals surface area contributed by atoms with E-state index in [9.17, 15) is 4.39 Å². The molecule has 0 unspecified atom stereocenters. The number of halogens is 1. The summed E-state index contributed by atoms with van der Waals surface area (Å²) in [6.07, 6.45) is 1.12. The van der Waals surface area contributed by atoms with E-state index in [2.05, 4.69) is 0 Å². The summed E-state index contributed by atoms with van der Waals surface area (Å²) in [6, 6.07) is 7.84. The molecule has 0 saturated heterocycles. The highest BCUT2D eigenvalue weighted by Crippen LogP contribution is 2.16. The largest absolute Gasteiger partial charge is 0.244 e. The minimum atomic E-state index is -1.14. The van der Waals surface area contributed by atoms with E-state index in [-0.39, 0.29) is 0 Å². The van der Waals surface area contributed by atoms with Gasteiger partial charge in [0.15, 0.2) is 0 Å². The monoisotopic (exact) mass is 167 g/mol. The summed E-state index contributed by atoms with van der Waals surface area (Å²) in [5.41, 5.74) is -0.212. The Morgan fingerprint density at radius 2 is 2.17 bits per heavy atom. The molecule has 12 heavy (non-hydrogen) atoms. The van der Waals surface area contributed by atoms with Crippen molar-refractivity contribution in [3.8, 4) is 0 Å². The minimum Gasteiger partial charge on any atom is -0.244 e. The maximum atomic E-state index is 13.1. The highest BCUT2D eigenvalue weighted by Gasteiger charge is 2.14. The van der Waals surface area contributed by atoms with Crippen LogP contribution in [0.4, 0.5) is 4.39 Å². The maximum absolute atomic E-state index is 13.1.